The van der Waals surface area contributed by atoms with E-state index in [1.54, 1.807) is 23.2 Å². The molecule has 4 aromatic rings. The average Bonchev–Trinajstić information content (AvgIpc) is 3.46. The van der Waals surface area contributed by atoms with Crippen molar-refractivity contribution in [3.63, 3.8) is 0 Å². The first-order valence-corrected chi connectivity index (χ1v) is 14.8. The lowest BCUT2D eigenvalue weighted by atomic mass is 9.99. The zero-order valence-corrected chi connectivity index (χ0v) is 24.2. The van der Waals surface area contributed by atoms with Gasteiger partial charge in [-0.25, -0.2) is 0 Å². The van der Waals surface area contributed by atoms with Crippen LogP contribution in [0.25, 0.3) is 0 Å². The van der Waals surface area contributed by atoms with Gasteiger partial charge < -0.3 is 14.5 Å². The Hall–Kier alpha value is -4.74. The number of anilines is 1. The first-order chi connectivity index (χ1) is 20.5. The fraction of sp³-hybridized carbons (Fsp3) is 0.235. The number of amides is 2. The Morgan fingerprint density at radius 2 is 1.71 bits per heavy atom. The number of fused-ring (bicyclic) bond motifs is 1. The van der Waals surface area contributed by atoms with Gasteiger partial charge in [0, 0.05) is 10.3 Å². The lowest BCUT2D eigenvalue weighted by Crippen LogP contribution is -2.41. The molecule has 1 aromatic heterocycles. The van der Waals surface area contributed by atoms with E-state index >= 15 is 0 Å². The van der Waals surface area contributed by atoms with Crippen molar-refractivity contribution in [1.82, 2.24) is 4.90 Å². The van der Waals surface area contributed by atoms with Gasteiger partial charge >= 0.3 is 5.97 Å². The molecule has 0 fully saturated rings. The summed E-state index contributed by atoms with van der Waals surface area (Å²) in [6.07, 6.45) is 1.33. The van der Waals surface area contributed by atoms with E-state index in [1.807, 2.05) is 90.3 Å². The smallest absolute Gasteiger partial charge is 0.308 e. The van der Waals surface area contributed by atoms with E-state index in [9.17, 15) is 14.4 Å². The molecule has 0 saturated heterocycles. The maximum atomic E-state index is 14.4. The number of esters is 1. The number of aryl methyl sites for hydroxylation is 2. The highest BCUT2D eigenvalue weighted by molar-refractivity contribution is 7.10. The molecule has 0 aliphatic carbocycles. The lowest BCUT2D eigenvalue weighted by molar-refractivity contribution is -0.144. The number of thiophene rings is 1. The predicted octanol–water partition coefficient (Wildman–Crippen LogP) is 6.09. The van der Waals surface area contributed by atoms with Crippen LogP contribution in [0.1, 0.15) is 56.9 Å². The van der Waals surface area contributed by atoms with Gasteiger partial charge in [0.05, 0.1) is 48.5 Å². The Morgan fingerprint density at radius 3 is 2.40 bits per heavy atom. The topological polar surface area (TPSA) is 90.7 Å². The third-order valence-corrected chi connectivity index (χ3v) is 8.30. The van der Waals surface area contributed by atoms with Gasteiger partial charge in [0.2, 0.25) is 5.91 Å². The molecule has 0 bridgehead atoms. The van der Waals surface area contributed by atoms with Gasteiger partial charge in [0.15, 0.2) is 0 Å². The molecule has 5 rings (SSSR count). The van der Waals surface area contributed by atoms with E-state index in [4.69, 9.17) is 10.00 Å². The number of hydrogen-bond donors (Lipinski definition) is 0. The van der Waals surface area contributed by atoms with Crippen molar-refractivity contribution in [2.24, 2.45) is 0 Å². The number of carbonyl (C=O) groups is 3. The summed E-state index contributed by atoms with van der Waals surface area (Å²) in [7, 11) is 0. The first kappa shape index (κ1) is 28.8. The molecule has 0 spiro atoms. The van der Waals surface area contributed by atoms with Crippen LogP contribution in [0.5, 0.6) is 0 Å². The molecule has 1 aliphatic heterocycles. The zero-order chi connectivity index (χ0) is 29.5. The van der Waals surface area contributed by atoms with Crippen molar-refractivity contribution in [2.45, 2.75) is 38.8 Å². The monoisotopic (exact) mass is 577 g/mol. The molecule has 42 heavy (non-hydrogen) atoms. The summed E-state index contributed by atoms with van der Waals surface area (Å²) in [5.74, 6) is -0.971. The molecule has 212 valence electrons. The maximum Gasteiger partial charge on any atom is 0.308 e. The first-order valence-electron chi connectivity index (χ1n) is 13.9. The third kappa shape index (κ3) is 6.59. The van der Waals surface area contributed by atoms with Crippen LogP contribution >= 0.6 is 11.3 Å². The number of ether oxygens (including phenoxy) is 1. The Bertz CT molecular complexity index is 1610. The molecule has 0 radical (unpaired) electrons. The van der Waals surface area contributed by atoms with Crippen LogP contribution in [0.3, 0.4) is 0 Å². The Kier molecular flexibility index (Phi) is 9.10. The van der Waals surface area contributed by atoms with Crippen molar-refractivity contribution in [1.29, 1.82) is 5.26 Å². The fourth-order valence-electron chi connectivity index (χ4n) is 5.23. The van der Waals surface area contributed by atoms with Crippen molar-refractivity contribution >= 4 is 34.8 Å². The molecule has 3 aromatic carbocycles. The second-order valence-corrected chi connectivity index (χ2v) is 11.1. The van der Waals surface area contributed by atoms with Crippen molar-refractivity contribution in [2.75, 3.05) is 18.1 Å². The van der Waals surface area contributed by atoms with Gasteiger partial charge in [-0.3, -0.25) is 14.4 Å². The Morgan fingerprint density at radius 1 is 0.976 bits per heavy atom. The SMILES string of the molecule is CCOC(=O)CC(c1ccccc1)N1CC(=O)N(Cc2ccccc2)c2ccc(CCc3cc(C#N)cs3)cc2C1=O. The molecular weight excluding hydrogens is 546 g/mol. The summed E-state index contributed by atoms with van der Waals surface area (Å²) in [6, 6.07) is 28.0. The van der Waals surface area contributed by atoms with Crippen molar-refractivity contribution < 1.29 is 19.1 Å². The van der Waals surface area contributed by atoms with Gasteiger partial charge in [0.1, 0.15) is 6.54 Å². The fourth-order valence-corrected chi connectivity index (χ4v) is 6.04. The number of nitrogens with zero attached hydrogens (tertiary/aromatic N) is 3. The number of nitriles is 1. The van der Waals surface area contributed by atoms with E-state index in [0.717, 1.165) is 28.0 Å². The minimum absolute atomic E-state index is 0.0653. The standard InChI is InChI=1S/C34H31N3O4S/c1-2-41-33(39)19-31(27-11-7-4-8-12-27)37-22-32(38)36(21-25-9-5-3-6-10-25)30-16-14-24(18-29(30)34(37)40)13-15-28-17-26(20-35)23-42-28/h3-12,14,16-18,23,31H,2,13,15,19,21-22H2,1H3. The van der Waals surface area contributed by atoms with Gasteiger partial charge in [-0.05, 0) is 54.7 Å². The minimum atomic E-state index is -0.676. The number of hydrogen-bond acceptors (Lipinski definition) is 6. The molecule has 7 nitrogen and oxygen atoms in total. The molecule has 0 N–H and O–H groups in total. The summed E-state index contributed by atoms with van der Waals surface area (Å²) < 4.78 is 5.26. The summed E-state index contributed by atoms with van der Waals surface area (Å²) in [5, 5.41) is 11.0. The van der Waals surface area contributed by atoms with E-state index in [-0.39, 0.29) is 31.4 Å². The quantitative estimate of drug-likeness (QED) is 0.213. The van der Waals surface area contributed by atoms with Crippen LogP contribution in [0.15, 0.2) is 90.3 Å². The Labute approximate surface area is 249 Å². The summed E-state index contributed by atoms with van der Waals surface area (Å²) in [6.45, 7) is 2.10. The molecule has 1 unspecified atom stereocenters. The van der Waals surface area contributed by atoms with Crippen LogP contribution < -0.4 is 4.90 Å². The van der Waals surface area contributed by atoms with Crippen molar-refractivity contribution in [3.8, 4) is 6.07 Å². The van der Waals surface area contributed by atoms with Gasteiger partial charge in [0.25, 0.3) is 5.91 Å². The van der Waals surface area contributed by atoms with Crippen LogP contribution in [0.2, 0.25) is 0 Å². The predicted molar refractivity (Wildman–Crippen MR) is 162 cm³/mol. The highest BCUT2D eigenvalue weighted by atomic mass is 32.1. The van der Waals surface area contributed by atoms with E-state index in [1.165, 1.54) is 4.90 Å². The number of rotatable bonds is 10. The van der Waals surface area contributed by atoms with Crippen molar-refractivity contribution in [3.05, 3.63) is 123 Å². The summed E-state index contributed by atoms with van der Waals surface area (Å²) in [5.41, 5.74) is 4.26. The molecule has 1 aliphatic rings. The molecule has 1 atom stereocenters. The van der Waals surface area contributed by atoms with E-state index < -0.39 is 12.0 Å². The normalized spacial score (nSPS) is 13.7. The van der Waals surface area contributed by atoms with Gasteiger partial charge in [-0.2, -0.15) is 5.26 Å². The Balaban J connectivity index is 1.54. The molecular formula is C34H31N3O4S. The van der Waals surface area contributed by atoms with Crippen LogP contribution in [0.4, 0.5) is 5.69 Å². The maximum absolute atomic E-state index is 14.4. The van der Waals surface area contributed by atoms with Crippen LogP contribution in [-0.2, 0) is 33.7 Å². The third-order valence-electron chi connectivity index (χ3n) is 7.30. The highest BCUT2D eigenvalue weighted by Crippen LogP contribution is 2.34. The molecule has 2 amide bonds. The van der Waals surface area contributed by atoms with Gasteiger partial charge in [-0.15, -0.1) is 11.3 Å². The second kappa shape index (κ2) is 13.3. The zero-order valence-electron chi connectivity index (χ0n) is 23.4. The highest BCUT2D eigenvalue weighted by Gasteiger charge is 2.37. The second-order valence-electron chi connectivity index (χ2n) is 10.1. The minimum Gasteiger partial charge on any atom is -0.466 e. The lowest BCUT2D eigenvalue weighted by Gasteiger charge is -2.30. The van der Waals surface area contributed by atoms with E-state index in [2.05, 4.69) is 6.07 Å². The summed E-state index contributed by atoms with van der Waals surface area (Å²) in [4.78, 5) is 45.3. The molecule has 8 heteroatoms. The van der Waals surface area contributed by atoms with Gasteiger partial charge in [-0.1, -0.05) is 66.7 Å². The average molecular weight is 578 g/mol. The van der Waals surface area contributed by atoms with Crippen LogP contribution in [0, 0.1) is 11.3 Å². The number of carbonyl (C=O) groups excluding carboxylic acids is 3. The molecule has 0 saturated carbocycles. The largest absolute Gasteiger partial charge is 0.466 e. The molecule has 2 heterocycles. The number of benzene rings is 3. The summed E-state index contributed by atoms with van der Waals surface area (Å²) >= 11 is 1.55. The van der Waals surface area contributed by atoms with E-state index in [0.29, 0.717) is 29.8 Å². The van der Waals surface area contributed by atoms with Crippen LogP contribution in [-0.4, -0.2) is 35.8 Å².